The van der Waals surface area contributed by atoms with Crippen LogP contribution in [0.5, 0.6) is 0 Å². The molecule has 0 amide bonds. The Hall–Kier alpha value is -0.960. The minimum atomic E-state index is -0.444. The highest BCUT2D eigenvalue weighted by Gasteiger charge is 2.14. The summed E-state index contributed by atoms with van der Waals surface area (Å²) in [5.74, 6) is -0.444. The molecule has 1 aromatic carbocycles. The first-order chi connectivity index (χ1) is 8.18. The third-order valence-corrected chi connectivity index (χ3v) is 3.56. The van der Waals surface area contributed by atoms with Crippen LogP contribution < -0.4 is 10.6 Å². The highest BCUT2D eigenvalue weighted by molar-refractivity contribution is 6.31. The Labute approximate surface area is 107 Å². The molecule has 1 fully saturated rings. The van der Waals surface area contributed by atoms with Crippen LogP contribution in [0, 0.1) is 5.82 Å². The molecule has 1 aliphatic rings. The van der Waals surface area contributed by atoms with Crippen molar-refractivity contribution in [3.8, 4) is 0 Å². The van der Waals surface area contributed by atoms with Crippen LogP contribution in [0.3, 0.4) is 0 Å². The molecule has 1 aliphatic heterocycles. The minimum absolute atomic E-state index is 0.149. The number of nitrogens with zero attached hydrogens (tertiary/aromatic N) is 1. The zero-order chi connectivity index (χ0) is 12.3. The van der Waals surface area contributed by atoms with Gasteiger partial charge < -0.3 is 10.6 Å². The second-order valence-electron chi connectivity index (χ2n) is 4.58. The average molecular weight is 257 g/mol. The fourth-order valence-corrected chi connectivity index (χ4v) is 2.47. The Morgan fingerprint density at radius 1 is 1.06 bits per heavy atom. The average Bonchev–Trinajstić information content (AvgIpc) is 2.24. The molecule has 0 aromatic heterocycles. The van der Waals surface area contributed by atoms with Gasteiger partial charge in [-0.1, -0.05) is 30.9 Å². The standard InChI is InChI=1S/C13H18ClFN2/c14-10-8-13(12(16)9-11(10)15)17-6-4-2-1-3-5-7-17/h8-9H,1-7,16H2. The Morgan fingerprint density at radius 2 is 1.65 bits per heavy atom. The molecular formula is C13H18ClFN2. The van der Waals surface area contributed by atoms with Gasteiger partial charge in [0, 0.05) is 19.2 Å². The molecule has 0 aliphatic carbocycles. The van der Waals surface area contributed by atoms with E-state index in [0.29, 0.717) is 5.69 Å². The fraction of sp³-hybridized carbons (Fsp3) is 0.538. The summed E-state index contributed by atoms with van der Waals surface area (Å²) in [6.45, 7) is 1.96. The summed E-state index contributed by atoms with van der Waals surface area (Å²) < 4.78 is 13.2. The van der Waals surface area contributed by atoms with Gasteiger partial charge in [0.15, 0.2) is 0 Å². The van der Waals surface area contributed by atoms with Gasteiger partial charge in [-0.2, -0.15) is 0 Å². The van der Waals surface area contributed by atoms with Crippen LogP contribution in [0.25, 0.3) is 0 Å². The first-order valence-electron chi connectivity index (χ1n) is 6.18. The molecule has 17 heavy (non-hydrogen) atoms. The number of nitrogen functional groups attached to an aromatic ring is 1. The number of hydrogen-bond acceptors (Lipinski definition) is 2. The van der Waals surface area contributed by atoms with Crippen molar-refractivity contribution in [2.24, 2.45) is 0 Å². The maximum atomic E-state index is 13.2. The predicted octanol–water partition coefficient (Wildman–Crippen LogP) is 3.83. The second-order valence-corrected chi connectivity index (χ2v) is 4.99. The zero-order valence-electron chi connectivity index (χ0n) is 9.88. The van der Waals surface area contributed by atoms with Gasteiger partial charge in [0.25, 0.3) is 0 Å². The molecule has 2 N–H and O–H groups in total. The van der Waals surface area contributed by atoms with E-state index in [1.807, 2.05) is 0 Å². The number of benzene rings is 1. The van der Waals surface area contributed by atoms with Crippen molar-refractivity contribution >= 4 is 23.0 Å². The summed E-state index contributed by atoms with van der Waals surface area (Å²) in [6.07, 6.45) is 6.15. The fourth-order valence-electron chi connectivity index (χ4n) is 2.31. The Morgan fingerprint density at radius 3 is 2.29 bits per heavy atom. The molecule has 2 nitrogen and oxygen atoms in total. The number of rotatable bonds is 1. The molecule has 1 saturated heterocycles. The van der Waals surface area contributed by atoms with E-state index in [1.54, 1.807) is 6.07 Å². The van der Waals surface area contributed by atoms with Crippen molar-refractivity contribution in [1.29, 1.82) is 0 Å². The molecule has 0 unspecified atom stereocenters. The van der Waals surface area contributed by atoms with E-state index in [-0.39, 0.29) is 5.02 Å². The van der Waals surface area contributed by atoms with Crippen molar-refractivity contribution in [2.45, 2.75) is 32.1 Å². The summed E-state index contributed by atoms with van der Waals surface area (Å²) in [6, 6.07) is 2.96. The van der Waals surface area contributed by atoms with Crippen LogP contribution in [-0.4, -0.2) is 13.1 Å². The molecule has 0 bridgehead atoms. The van der Waals surface area contributed by atoms with Gasteiger partial charge >= 0.3 is 0 Å². The van der Waals surface area contributed by atoms with Gasteiger partial charge in [0.05, 0.1) is 16.4 Å². The molecule has 1 aromatic rings. The molecule has 94 valence electrons. The van der Waals surface area contributed by atoms with E-state index in [0.717, 1.165) is 31.6 Å². The van der Waals surface area contributed by atoms with Crippen LogP contribution in [0.2, 0.25) is 5.02 Å². The van der Waals surface area contributed by atoms with E-state index >= 15 is 0 Å². The number of anilines is 2. The molecule has 0 saturated carbocycles. The summed E-state index contributed by atoms with van der Waals surface area (Å²) in [5, 5.41) is 0.149. The smallest absolute Gasteiger partial charge is 0.143 e. The van der Waals surface area contributed by atoms with Gasteiger partial charge in [-0.15, -0.1) is 0 Å². The van der Waals surface area contributed by atoms with Crippen LogP contribution in [0.4, 0.5) is 15.8 Å². The normalized spacial score (nSPS) is 17.6. The number of hydrogen-bond donors (Lipinski definition) is 1. The first kappa shape index (κ1) is 12.5. The second kappa shape index (κ2) is 5.58. The van der Waals surface area contributed by atoms with Crippen LogP contribution >= 0.6 is 11.6 Å². The minimum Gasteiger partial charge on any atom is -0.397 e. The molecule has 0 spiro atoms. The lowest BCUT2D eigenvalue weighted by Crippen LogP contribution is -2.27. The zero-order valence-corrected chi connectivity index (χ0v) is 10.6. The number of nitrogens with two attached hydrogens (primary N) is 1. The Balaban J connectivity index is 2.21. The van der Waals surface area contributed by atoms with Gasteiger partial charge in [-0.05, 0) is 18.9 Å². The third-order valence-electron chi connectivity index (χ3n) is 3.27. The summed E-state index contributed by atoms with van der Waals surface area (Å²) in [7, 11) is 0. The predicted molar refractivity (Wildman–Crippen MR) is 71.1 cm³/mol. The molecule has 0 radical (unpaired) electrons. The van der Waals surface area contributed by atoms with E-state index in [4.69, 9.17) is 17.3 Å². The quantitative estimate of drug-likeness (QED) is 0.774. The van der Waals surface area contributed by atoms with Crippen molar-refractivity contribution in [3.63, 3.8) is 0 Å². The number of halogens is 2. The lowest BCUT2D eigenvalue weighted by atomic mass is 10.1. The summed E-state index contributed by atoms with van der Waals surface area (Å²) >= 11 is 5.82. The van der Waals surface area contributed by atoms with Crippen LogP contribution in [0.1, 0.15) is 32.1 Å². The maximum absolute atomic E-state index is 13.2. The maximum Gasteiger partial charge on any atom is 0.143 e. The highest BCUT2D eigenvalue weighted by Crippen LogP contribution is 2.30. The highest BCUT2D eigenvalue weighted by atomic mass is 35.5. The Bertz CT molecular complexity index is 387. The van der Waals surface area contributed by atoms with E-state index in [1.165, 1.54) is 25.3 Å². The topological polar surface area (TPSA) is 29.3 Å². The van der Waals surface area contributed by atoms with Crippen molar-refractivity contribution < 1.29 is 4.39 Å². The largest absolute Gasteiger partial charge is 0.397 e. The van der Waals surface area contributed by atoms with Gasteiger partial charge in [0.2, 0.25) is 0 Å². The molecule has 1 heterocycles. The molecule has 4 heteroatoms. The van der Waals surface area contributed by atoms with Gasteiger partial charge in [-0.3, -0.25) is 0 Å². The van der Waals surface area contributed by atoms with E-state index < -0.39 is 5.82 Å². The SMILES string of the molecule is Nc1cc(F)c(Cl)cc1N1CCCCCCC1. The van der Waals surface area contributed by atoms with Crippen molar-refractivity contribution in [3.05, 3.63) is 23.0 Å². The van der Waals surface area contributed by atoms with Gasteiger partial charge in [0.1, 0.15) is 5.82 Å². The first-order valence-corrected chi connectivity index (χ1v) is 6.56. The van der Waals surface area contributed by atoms with E-state index in [9.17, 15) is 4.39 Å². The lowest BCUT2D eigenvalue weighted by molar-refractivity contribution is 0.556. The van der Waals surface area contributed by atoms with Gasteiger partial charge in [-0.25, -0.2) is 4.39 Å². The van der Waals surface area contributed by atoms with Crippen molar-refractivity contribution in [2.75, 3.05) is 23.7 Å². The molecule has 0 atom stereocenters. The molecule has 2 rings (SSSR count). The molecular weight excluding hydrogens is 239 g/mol. The Kier molecular flexibility index (Phi) is 4.11. The van der Waals surface area contributed by atoms with Crippen LogP contribution in [0.15, 0.2) is 12.1 Å². The monoisotopic (exact) mass is 256 g/mol. The van der Waals surface area contributed by atoms with Crippen LogP contribution in [-0.2, 0) is 0 Å². The third kappa shape index (κ3) is 3.03. The van der Waals surface area contributed by atoms with E-state index in [2.05, 4.69) is 4.90 Å². The van der Waals surface area contributed by atoms with Crippen molar-refractivity contribution in [1.82, 2.24) is 0 Å². The lowest BCUT2D eigenvalue weighted by Gasteiger charge is -2.28. The summed E-state index contributed by atoms with van der Waals surface area (Å²) in [5.41, 5.74) is 7.22. The summed E-state index contributed by atoms with van der Waals surface area (Å²) in [4.78, 5) is 2.22.